The van der Waals surface area contributed by atoms with Crippen LogP contribution in [0.15, 0.2) is 42.6 Å². The Morgan fingerprint density at radius 1 is 1.12 bits per heavy atom. The average Bonchev–Trinajstić information content (AvgIpc) is 2.30. The number of nitrogens with zero attached hydrogens (tertiary/aromatic N) is 1. The van der Waals surface area contributed by atoms with Crippen molar-refractivity contribution in [3.8, 4) is 11.3 Å². The predicted octanol–water partition coefficient (Wildman–Crippen LogP) is 3.87. The average molecular weight is 255 g/mol. The van der Waals surface area contributed by atoms with E-state index in [4.69, 9.17) is 11.6 Å². The molecule has 0 radical (unpaired) electrons. The van der Waals surface area contributed by atoms with Crippen LogP contribution in [0.2, 0.25) is 5.02 Å². The number of halogens is 2. The molecule has 2 nitrogen and oxygen atoms in total. The van der Waals surface area contributed by atoms with Gasteiger partial charge in [-0.25, -0.2) is 0 Å². The Morgan fingerprint density at radius 2 is 1.81 bits per heavy atom. The molecular weight excluding hydrogens is 243 g/mol. The summed E-state index contributed by atoms with van der Waals surface area (Å²) in [6, 6.07) is 11.6. The van der Waals surface area contributed by atoms with Crippen LogP contribution >= 0.6 is 24.0 Å². The molecule has 0 saturated carbocycles. The zero-order chi connectivity index (χ0) is 10.7. The second-order valence-electron chi connectivity index (χ2n) is 3.19. The molecule has 1 aromatic heterocycles. The first-order chi connectivity index (χ1) is 7.29. The topological polar surface area (TPSA) is 24.9 Å². The second-order valence-corrected chi connectivity index (χ2v) is 3.62. The first kappa shape index (κ1) is 12.8. The molecule has 1 N–H and O–H groups in total. The molecule has 1 aromatic carbocycles. The van der Waals surface area contributed by atoms with Crippen LogP contribution in [0.5, 0.6) is 0 Å². The van der Waals surface area contributed by atoms with E-state index in [9.17, 15) is 0 Å². The first-order valence-electron chi connectivity index (χ1n) is 4.69. The van der Waals surface area contributed by atoms with Gasteiger partial charge in [0, 0.05) is 29.5 Å². The van der Waals surface area contributed by atoms with Crippen molar-refractivity contribution in [2.45, 2.75) is 0 Å². The van der Waals surface area contributed by atoms with Crippen LogP contribution in [-0.4, -0.2) is 12.0 Å². The van der Waals surface area contributed by atoms with Crippen LogP contribution in [0.1, 0.15) is 0 Å². The Kier molecular flexibility index (Phi) is 4.59. The molecule has 0 aliphatic heterocycles. The number of hydrogen-bond acceptors (Lipinski definition) is 2. The predicted molar refractivity (Wildman–Crippen MR) is 71.5 cm³/mol. The van der Waals surface area contributed by atoms with Crippen molar-refractivity contribution in [2.75, 3.05) is 12.4 Å². The summed E-state index contributed by atoms with van der Waals surface area (Å²) in [5.41, 5.74) is 3.06. The van der Waals surface area contributed by atoms with Crippen LogP contribution in [0.3, 0.4) is 0 Å². The van der Waals surface area contributed by atoms with E-state index in [1.165, 1.54) is 0 Å². The van der Waals surface area contributed by atoms with Crippen molar-refractivity contribution in [3.63, 3.8) is 0 Å². The van der Waals surface area contributed by atoms with Gasteiger partial charge in [0.25, 0.3) is 0 Å². The van der Waals surface area contributed by atoms with E-state index in [1.54, 1.807) is 6.20 Å². The molecule has 0 aliphatic rings. The van der Waals surface area contributed by atoms with Crippen LogP contribution in [0.25, 0.3) is 11.3 Å². The van der Waals surface area contributed by atoms with E-state index in [0.717, 1.165) is 22.0 Å². The van der Waals surface area contributed by atoms with Crippen molar-refractivity contribution >= 4 is 29.7 Å². The van der Waals surface area contributed by atoms with E-state index in [2.05, 4.69) is 10.3 Å². The summed E-state index contributed by atoms with van der Waals surface area (Å²) >= 11 is 5.82. The molecule has 1 heterocycles. The van der Waals surface area contributed by atoms with E-state index in [1.807, 2.05) is 43.4 Å². The number of hydrogen-bond donors (Lipinski definition) is 1. The number of nitrogens with one attached hydrogen (secondary N) is 1. The lowest BCUT2D eigenvalue weighted by atomic mass is 10.1. The molecular formula is C12H12Cl2N2. The van der Waals surface area contributed by atoms with Gasteiger partial charge in [-0.15, -0.1) is 12.4 Å². The molecule has 0 aliphatic carbocycles. The number of benzene rings is 1. The molecule has 0 bridgehead atoms. The van der Waals surface area contributed by atoms with Gasteiger partial charge in [-0.3, -0.25) is 4.98 Å². The lowest BCUT2D eigenvalue weighted by Crippen LogP contribution is -1.90. The van der Waals surface area contributed by atoms with E-state index >= 15 is 0 Å². The summed E-state index contributed by atoms with van der Waals surface area (Å²) in [6.07, 6.45) is 1.79. The summed E-state index contributed by atoms with van der Waals surface area (Å²) in [5, 5.41) is 3.82. The zero-order valence-electron chi connectivity index (χ0n) is 8.77. The number of aromatic nitrogens is 1. The quantitative estimate of drug-likeness (QED) is 0.881. The van der Waals surface area contributed by atoms with Crippen molar-refractivity contribution in [1.29, 1.82) is 0 Å². The highest BCUT2D eigenvalue weighted by atomic mass is 35.5. The third-order valence-corrected chi connectivity index (χ3v) is 2.44. The second kappa shape index (κ2) is 5.73. The van der Waals surface area contributed by atoms with E-state index in [0.29, 0.717) is 0 Å². The third-order valence-electron chi connectivity index (χ3n) is 2.19. The van der Waals surface area contributed by atoms with Gasteiger partial charge in [0.05, 0.1) is 5.69 Å². The third kappa shape index (κ3) is 2.87. The monoisotopic (exact) mass is 254 g/mol. The number of pyridine rings is 1. The van der Waals surface area contributed by atoms with Crippen LogP contribution in [-0.2, 0) is 0 Å². The van der Waals surface area contributed by atoms with Crippen LogP contribution in [0.4, 0.5) is 5.69 Å². The van der Waals surface area contributed by atoms with Gasteiger partial charge in [0.15, 0.2) is 0 Å². The van der Waals surface area contributed by atoms with Gasteiger partial charge >= 0.3 is 0 Å². The molecule has 84 valence electrons. The van der Waals surface area contributed by atoms with E-state index < -0.39 is 0 Å². The highest BCUT2D eigenvalue weighted by Gasteiger charge is 1.99. The molecule has 0 atom stereocenters. The van der Waals surface area contributed by atoms with Crippen LogP contribution in [0, 0.1) is 0 Å². The fourth-order valence-electron chi connectivity index (χ4n) is 1.36. The van der Waals surface area contributed by atoms with Crippen LogP contribution < -0.4 is 5.32 Å². The highest BCUT2D eigenvalue weighted by Crippen LogP contribution is 2.21. The van der Waals surface area contributed by atoms with Gasteiger partial charge in [-0.05, 0) is 24.3 Å². The summed E-state index contributed by atoms with van der Waals surface area (Å²) in [7, 11) is 1.89. The number of anilines is 1. The fourth-order valence-corrected chi connectivity index (χ4v) is 1.49. The minimum atomic E-state index is 0. The zero-order valence-corrected chi connectivity index (χ0v) is 10.3. The van der Waals surface area contributed by atoms with Gasteiger partial charge in [0.2, 0.25) is 0 Å². The molecule has 0 saturated heterocycles. The smallest absolute Gasteiger partial charge is 0.0722 e. The standard InChI is InChI=1S/C12H11ClN2.ClH/c1-14-11-6-7-15-12(8-11)9-2-4-10(13)5-3-9;/h2-8H,1H3,(H,14,15);1H. The molecule has 0 amide bonds. The lowest BCUT2D eigenvalue weighted by Gasteiger charge is -2.03. The number of rotatable bonds is 2. The van der Waals surface area contributed by atoms with E-state index in [-0.39, 0.29) is 12.4 Å². The Morgan fingerprint density at radius 3 is 2.44 bits per heavy atom. The SMILES string of the molecule is CNc1ccnc(-c2ccc(Cl)cc2)c1.Cl. The molecule has 4 heteroatoms. The van der Waals surface area contributed by atoms with Crippen molar-refractivity contribution in [3.05, 3.63) is 47.6 Å². The van der Waals surface area contributed by atoms with Gasteiger partial charge in [0.1, 0.15) is 0 Å². The molecule has 0 unspecified atom stereocenters. The Hall–Kier alpha value is -1.25. The van der Waals surface area contributed by atoms with Gasteiger partial charge in [-0.1, -0.05) is 23.7 Å². The summed E-state index contributed by atoms with van der Waals surface area (Å²) in [6.45, 7) is 0. The normalized spacial score (nSPS) is 9.38. The highest BCUT2D eigenvalue weighted by molar-refractivity contribution is 6.30. The Labute approximate surface area is 106 Å². The summed E-state index contributed by atoms with van der Waals surface area (Å²) < 4.78 is 0. The fraction of sp³-hybridized carbons (Fsp3) is 0.0833. The minimum absolute atomic E-state index is 0. The van der Waals surface area contributed by atoms with Gasteiger partial charge in [-0.2, -0.15) is 0 Å². The Balaban J connectivity index is 0.00000128. The van der Waals surface area contributed by atoms with Crippen molar-refractivity contribution in [2.24, 2.45) is 0 Å². The molecule has 2 aromatic rings. The maximum atomic E-state index is 5.82. The molecule has 16 heavy (non-hydrogen) atoms. The lowest BCUT2D eigenvalue weighted by molar-refractivity contribution is 1.31. The summed E-state index contributed by atoms with van der Waals surface area (Å²) in [4.78, 5) is 4.30. The minimum Gasteiger partial charge on any atom is -0.388 e. The van der Waals surface area contributed by atoms with Crippen molar-refractivity contribution in [1.82, 2.24) is 4.98 Å². The summed E-state index contributed by atoms with van der Waals surface area (Å²) in [5.74, 6) is 0. The molecule has 0 spiro atoms. The first-order valence-corrected chi connectivity index (χ1v) is 5.07. The van der Waals surface area contributed by atoms with Crippen molar-refractivity contribution < 1.29 is 0 Å². The maximum Gasteiger partial charge on any atom is 0.0722 e. The Bertz CT molecular complexity index is 455. The van der Waals surface area contributed by atoms with Gasteiger partial charge < -0.3 is 5.32 Å². The largest absolute Gasteiger partial charge is 0.388 e. The molecule has 2 rings (SSSR count). The molecule has 0 fully saturated rings. The maximum absolute atomic E-state index is 5.82.